The molecule has 27 heavy (non-hydrogen) atoms. The predicted octanol–water partition coefficient (Wildman–Crippen LogP) is 1.70. The minimum Gasteiger partial charge on any atom is -0.481 e. The van der Waals surface area contributed by atoms with Gasteiger partial charge in [-0.05, 0) is 18.1 Å². The number of rotatable bonds is 8. The van der Waals surface area contributed by atoms with E-state index in [1.54, 1.807) is 7.11 Å². The number of amides is 1. The van der Waals surface area contributed by atoms with E-state index >= 15 is 0 Å². The summed E-state index contributed by atoms with van der Waals surface area (Å²) in [5.74, 6) is 0.593. The molecule has 0 spiro atoms. The fraction of sp³-hybridized carbons (Fsp3) is 0.450. The highest BCUT2D eigenvalue weighted by Crippen LogP contribution is 2.23. The van der Waals surface area contributed by atoms with Crippen molar-refractivity contribution in [1.82, 2.24) is 20.2 Å². The minimum atomic E-state index is 0.000444. The molecule has 7 heteroatoms. The Morgan fingerprint density at radius 2 is 2.07 bits per heavy atom. The van der Waals surface area contributed by atoms with Gasteiger partial charge in [0.1, 0.15) is 6.33 Å². The fourth-order valence-electron chi connectivity index (χ4n) is 3.22. The summed E-state index contributed by atoms with van der Waals surface area (Å²) >= 11 is 0. The van der Waals surface area contributed by atoms with Gasteiger partial charge in [0.2, 0.25) is 11.8 Å². The molecule has 0 bridgehead atoms. The van der Waals surface area contributed by atoms with Crippen molar-refractivity contribution in [2.45, 2.75) is 33.0 Å². The van der Waals surface area contributed by atoms with Crippen LogP contribution in [0, 0.1) is 0 Å². The quantitative estimate of drug-likeness (QED) is 0.762. The second-order valence-corrected chi connectivity index (χ2v) is 6.45. The summed E-state index contributed by atoms with van der Waals surface area (Å²) < 4.78 is 10.8. The molecular formula is C20H26N4O3. The van der Waals surface area contributed by atoms with Crippen LogP contribution in [0.15, 0.2) is 30.6 Å². The average Bonchev–Trinajstić information content (AvgIpc) is 2.70. The first-order valence-corrected chi connectivity index (χ1v) is 9.21. The van der Waals surface area contributed by atoms with Gasteiger partial charge in [0.15, 0.2) is 0 Å². The van der Waals surface area contributed by atoms with Crippen molar-refractivity contribution in [3.63, 3.8) is 0 Å². The van der Waals surface area contributed by atoms with Crippen LogP contribution in [-0.2, 0) is 35.6 Å². The number of nitrogens with one attached hydrogen (secondary N) is 1. The number of ether oxygens (including phenoxy) is 2. The van der Waals surface area contributed by atoms with Crippen LogP contribution in [-0.4, -0.2) is 47.6 Å². The van der Waals surface area contributed by atoms with E-state index in [4.69, 9.17) is 9.47 Å². The van der Waals surface area contributed by atoms with E-state index in [1.807, 2.05) is 31.2 Å². The fourth-order valence-corrected chi connectivity index (χ4v) is 3.22. The van der Waals surface area contributed by atoms with Crippen molar-refractivity contribution in [2.75, 3.05) is 26.8 Å². The average molecular weight is 370 g/mol. The maximum atomic E-state index is 12.4. The lowest BCUT2D eigenvalue weighted by Gasteiger charge is -2.28. The highest BCUT2D eigenvalue weighted by molar-refractivity contribution is 5.78. The second kappa shape index (κ2) is 9.43. The van der Waals surface area contributed by atoms with Gasteiger partial charge in [0.25, 0.3) is 0 Å². The maximum absolute atomic E-state index is 12.4. The van der Waals surface area contributed by atoms with Crippen LogP contribution in [0.3, 0.4) is 0 Å². The molecule has 1 aliphatic heterocycles. The number of aromatic nitrogens is 2. The van der Waals surface area contributed by atoms with Crippen LogP contribution >= 0.6 is 0 Å². The Labute approximate surface area is 159 Å². The van der Waals surface area contributed by atoms with Crippen LogP contribution in [0.4, 0.5) is 0 Å². The Morgan fingerprint density at radius 1 is 1.26 bits per heavy atom. The van der Waals surface area contributed by atoms with Crippen LogP contribution < -0.4 is 10.1 Å². The highest BCUT2D eigenvalue weighted by Gasteiger charge is 2.23. The summed E-state index contributed by atoms with van der Waals surface area (Å²) in [5.41, 5.74) is 4.16. The van der Waals surface area contributed by atoms with E-state index < -0.39 is 0 Å². The normalized spacial score (nSPS) is 13.9. The lowest BCUT2D eigenvalue weighted by Crippen LogP contribution is -2.40. The van der Waals surface area contributed by atoms with Crippen molar-refractivity contribution in [1.29, 1.82) is 0 Å². The summed E-state index contributed by atoms with van der Waals surface area (Å²) in [4.78, 5) is 23.0. The molecule has 2 heterocycles. The molecule has 0 aliphatic carbocycles. The number of hydrogen-bond acceptors (Lipinski definition) is 6. The molecule has 144 valence electrons. The minimum absolute atomic E-state index is 0.000444. The molecule has 0 atom stereocenters. The number of methoxy groups -OCH3 is 1. The Balaban J connectivity index is 1.55. The molecule has 0 saturated carbocycles. The van der Waals surface area contributed by atoms with E-state index in [0.29, 0.717) is 38.7 Å². The zero-order valence-corrected chi connectivity index (χ0v) is 15.9. The van der Waals surface area contributed by atoms with Crippen LogP contribution in [0.1, 0.15) is 29.3 Å². The molecule has 1 aromatic heterocycles. The number of fused-ring (bicyclic) bond motifs is 1. The molecule has 1 N–H and O–H groups in total. The molecule has 0 saturated heterocycles. The van der Waals surface area contributed by atoms with E-state index in [1.165, 1.54) is 6.33 Å². The van der Waals surface area contributed by atoms with Gasteiger partial charge in [-0.15, -0.1) is 0 Å². The first-order chi connectivity index (χ1) is 13.2. The third-order valence-electron chi connectivity index (χ3n) is 4.66. The van der Waals surface area contributed by atoms with Gasteiger partial charge in [0.05, 0.1) is 26.0 Å². The first-order valence-electron chi connectivity index (χ1n) is 9.21. The Hall–Kier alpha value is -2.51. The number of carbonyl (C=O) groups excluding carboxylic acids is 1. The molecule has 3 rings (SSSR count). The summed E-state index contributed by atoms with van der Waals surface area (Å²) in [7, 11) is 1.61. The summed E-state index contributed by atoms with van der Waals surface area (Å²) in [5, 5.41) is 3.02. The Kier molecular flexibility index (Phi) is 6.73. The summed E-state index contributed by atoms with van der Waals surface area (Å²) in [6.45, 7) is 5.45. The molecule has 0 unspecified atom stereocenters. The molecule has 1 aliphatic rings. The second-order valence-electron chi connectivity index (χ2n) is 6.45. The van der Waals surface area contributed by atoms with Crippen molar-refractivity contribution >= 4 is 5.91 Å². The van der Waals surface area contributed by atoms with Gasteiger partial charge in [-0.3, -0.25) is 9.69 Å². The zero-order chi connectivity index (χ0) is 19.1. The van der Waals surface area contributed by atoms with E-state index in [2.05, 4.69) is 20.2 Å². The van der Waals surface area contributed by atoms with Crippen molar-refractivity contribution in [3.8, 4) is 5.88 Å². The Bertz CT molecular complexity index is 767. The molecular weight excluding hydrogens is 344 g/mol. The maximum Gasteiger partial charge on any atom is 0.234 e. The van der Waals surface area contributed by atoms with Gasteiger partial charge in [-0.25, -0.2) is 9.97 Å². The molecule has 0 fully saturated rings. The van der Waals surface area contributed by atoms with E-state index in [9.17, 15) is 4.79 Å². The smallest absolute Gasteiger partial charge is 0.234 e. The van der Waals surface area contributed by atoms with E-state index in [-0.39, 0.29) is 5.91 Å². The summed E-state index contributed by atoms with van der Waals surface area (Å²) in [6, 6.07) is 8.02. The van der Waals surface area contributed by atoms with Gasteiger partial charge >= 0.3 is 0 Å². The van der Waals surface area contributed by atoms with Gasteiger partial charge < -0.3 is 14.8 Å². The third kappa shape index (κ3) is 5.02. The van der Waals surface area contributed by atoms with E-state index in [0.717, 1.165) is 35.3 Å². The number of benzene rings is 1. The zero-order valence-electron chi connectivity index (χ0n) is 15.9. The molecule has 2 aromatic rings. The largest absolute Gasteiger partial charge is 0.481 e. The van der Waals surface area contributed by atoms with Gasteiger partial charge in [0, 0.05) is 38.2 Å². The number of hydrogen-bond donors (Lipinski definition) is 1. The summed E-state index contributed by atoms with van der Waals surface area (Å²) in [6.07, 6.45) is 2.32. The van der Waals surface area contributed by atoms with Crippen LogP contribution in [0.5, 0.6) is 5.88 Å². The lowest BCUT2D eigenvalue weighted by molar-refractivity contribution is -0.122. The molecule has 7 nitrogen and oxygen atoms in total. The van der Waals surface area contributed by atoms with Gasteiger partial charge in [-0.1, -0.05) is 24.3 Å². The van der Waals surface area contributed by atoms with Crippen LogP contribution in [0.25, 0.3) is 0 Å². The van der Waals surface area contributed by atoms with Gasteiger partial charge in [-0.2, -0.15) is 0 Å². The molecule has 1 aromatic carbocycles. The standard InChI is InChI=1S/C20H26N4O3/c1-3-27-13-16-7-5-4-6-15(16)10-21-19(25)12-24-9-8-18-17(11-24)20(26-2)23-14-22-18/h4-7,14H,3,8-13H2,1-2H3,(H,21,25). The topological polar surface area (TPSA) is 76.6 Å². The highest BCUT2D eigenvalue weighted by atomic mass is 16.5. The Morgan fingerprint density at radius 3 is 2.85 bits per heavy atom. The first kappa shape index (κ1) is 19.3. The molecule has 1 amide bonds. The predicted molar refractivity (Wildman–Crippen MR) is 101 cm³/mol. The monoisotopic (exact) mass is 370 g/mol. The molecule has 0 radical (unpaired) electrons. The van der Waals surface area contributed by atoms with Crippen molar-refractivity contribution < 1.29 is 14.3 Å². The lowest BCUT2D eigenvalue weighted by atomic mass is 10.1. The third-order valence-corrected chi connectivity index (χ3v) is 4.66. The van der Waals surface area contributed by atoms with Crippen molar-refractivity contribution in [3.05, 3.63) is 53.0 Å². The number of nitrogens with zero attached hydrogens (tertiary/aromatic N) is 3. The SMILES string of the molecule is CCOCc1ccccc1CNC(=O)CN1CCc2ncnc(OC)c2C1. The van der Waals surface area contributed by atoms with Crippen LogP contribution in [0.2, 0.25) is 0 Å². The van der Waals surface area contributed by atoms with Crippen molar-refractivity contribution in [2.24, 2.45) is 0 Å². The number of carbonyl (C=O) groups is 1.